The van der Waals surface area contributed by atoms with Gasteiger partial charge in [0.2, 0.25) is 0 Å². The van der Waals surface area contributed by atoms with E-state index in [1.807, 2.05) is 52.1 Å². The number of fused-ring (bicyclic) bond motifs is 1. The summed E-state index contributed by atoms with van der Waals surface area (Å²) in [5, 5.41) is 25.4. The van der Waals surface area contributed by atoms with Crippen molar-refractivity contribution in [3.8, 4) is 0 Å². The second-order valence-corrected chi connectivity index (χ2v) is 7.60. The summed E-state index contributed by atoms with van der Waals surface area (Å²) < 4.78 is 0. The monoisotopic (exact) mass is 379 g/mol. The third-order valence-corrected chi connectivity index (χ3v) is 4.24. The zero-order valence-corrected chi connectivity index (χ0v) is 17.1. The smallest absolute Gasteiger partial charge is 0.123 e. The average Bonchev–Trinajstić information content (AvgIpc) is 2.62. The zero-order valence-electron chi connectivity index (χ0n) is 17.1. The molecule has 28 heavy (non-hydrogen) atoms. The summed E-state index contributed by atoms with van der Waals surface area (Å²) in [6.45, 7) is 7.88. The molecule has 0 aliphatic carbocycles. The molecule has 7 heteroatoms. The largest absolute Gasteiger partial charge is 0.402 e. The van der Waals surface area contributed by atoms with Gasteiger partial charge in [0.15, 0.2) is 0 Å². The summed E-state index contributed by atoms with van der Waals surface area (Å²) in [6.07, 6.45) is 12.4. The lowest BCUT2D eigenvalue weighted by molar-refractivity contribution is 0.526. The molecule has 0 unspecified atom stereocenters. The van der Waals surface area contributed by atoms with Gasteiger partial charge in [-0.05, 0) is 42.2 Å². The van der Waals surface area contributed by atoms with E-state index in [-0.39, 0.29) is 11.3 Å². The highest BCUT2D eigenvalue weighted by Gasteiger charge is 2.19. The summed E-state index contributed by atoms with van der Waals surface area (Å²) in [5.74, 6) is 0.886. The van der Waals surface area contributed by atoms with Gasteiger partial charge in [0, 0.05) is 42.5 Å². The Labute approximate surface area is 166 Å². The minimum atomic E-state index is -0.198. The van der Waals surface area contributed by atoms with Crippen molar-refractivity contribution in [2.24, 2.45) is 16.1 Å². The second-order valence-electron chi connectivity index (χ2n) is 7.60. The lowest BCUT2D eigenvalue weighted by Crippen LogP contribution is -2.35. The first kappa shape index (κ1) is 21.0. The molecule has 0 aromatic rings. The minimum Gasteiger partial charge on any atom is -0.402 e. The first-order chi connectivity index (χ1) is 13.2. The number of nitrogens with one attached hydrogen (secondary N) is 5. The quantitative estimate of drug-likeness (QED) is 0.325. The molecule has 148 valence electrons. The van der Waals surface area contributed by atoms with Crippen LogP contribution < -0.4 is 21.7 Å². The topological polar surface area (TPSA) is 122 Å². The van der Waals surface area contributed by atoms with Gasteiger partial charge in [-0.25, -0.2) is 0 Å². The van der Waals surface area contributed by atoms with Gasteiger partial charge in [-0.1, -0.05) is 20.8 Å². The number of aliphatic imine (C=N–C) groups is 1. The Balaban J connectivity index is 2.19. The van der Waals surface area contributed by atoms with Crippen LogP contribution in [0.15, 0.2) is 75.1 Å². The highest BCUT2D eigenvalue weighted by atomic mass is 15.1. The Bertz CT molecular complexity index is 880. The maximum absolute atomic E-state index is 8.21. The summed E-state index contributed by atoms with van der Waals surface area (Å²) in [4.78, 5) is 4.07. The maximum Gasteiger partial charge on any atom is 0.123 e. The molecule has 2 aliphatic heterocycles. The fourth-order valence-electron chi connectivity index (χ4n) is 2.68. The van der Waals surface area contributed by atoms with Gasteiger partial charge < -0.3 is 27.1 Å². The molecule has 0 fully saturated rings. The number of hydrogen-bond donors (Lipinski definition) is 6. The van der Waals surface area contributed by atoms with Crippen molar-refractivity contribution in [1.29, 1.82) is 10.8 Å². The molecule has 0 saturated carbocycles. The molecule has 0 aromatic heterocycles. The molecule has 7 N–H and O–H groups in total. The lowest BCUT2D eigenvalue weighted by atomic mass is 9.87. The van der Waals surface area contributed by atoms with Crippen molar-refractivity contribution in [2.45, 2.75) is 27.7 Å². The van der Waals surface area contributed by atoms with E-state index in [1.165, 1.54) is 6.21 Å². The number of allylic oxidation sites excluding steroid dienone is 7. The van der Waals surface area contributed by atoms with E-state index in [4.69, 9.17) is 16.6 Å². The Morgan fingerprint density at radius 1 is 1.25 bits per heavy atom. The normalized spacial score (nSPS) is 17.8. The van der Waals surface area contributed by atoms with E-state index in [1.54, 1.807) is 19.3 Å². The van der Waals surface area contributed by atoms with Gasteiger partial charge in [0.1, 0.15) is 11.7 Å². The van der Waals surface area contributed by atoms with Crippen molar-refractivity contribution in [2.75, 3.05) is 7.05 Å². The van der Waals surface area contributed by atoms with Crippen LogP contribution in [0.2, 0.25) is 0 Å². The van der Waals surface area contributed by atoms with Crippen LogP contribution in [0.3, 0.4) is 0 Å². The van der Waals surface area contributed by atoms with Gasteiger partial charge in [-0.2, -0.15) is 0 Å². The highest BCUT2D eigenvalue weighted by Crippen LogP contribution is 2.24. The first-order valence-electron chi connectivity index (χ1n) is 9.00. The molecular formula is C21H29N7. The minimum absolute atomic E-state index is 0.198. The molecule has 0 saturated heterocycles. The summed E-state index contributed by atoms with van der Waals surface area (Å²) in [7, 11) is 1.71. The van der Waals surface area contributed by atoms with E-state index in [0.29, 0.717) is 11.5 Å². The third kappa shape index (κ3) is 5.09. The number of hydrogen-bond acceptors (Lipinski definition) is 6. The fourth-order valence-corrected chi connectivity index (χ4v) is 2.68. The van der Waals surface area contributed by atoms with E-state index < -0.39 is 0 Å². The third-order valence-electron chi connectivity index (χ3n) is 4.24. The first-order valence-corrected chi connectivity index (χ1v) is 9.00. The highest BCUT2D eigenvalue weighted by molar-refractivity contribution is 5.97. The number of nitrogens with two attached hydrogens (primary N) is 1. The number of dihydropyridines is 2. The van der Waals surface area contributed by atoms with Crippen LogP contribution in [0.4, 0.5) is 0 Å². The van der Waals surface area contributed by atoms with Crippen LogP contribution in [0.5, 0.6) is 0 Å². The molecule has 2 rings (SSSR count). The lowest BCUT2D eigenvalue weighted by Gasteiger charge is -2.25. The van der Waals surface area contributed by atoms with Gasteiger partial charge in [-0.3, -0.25) is 10.4 Å². The Kier molecular flexibility index (Phi) is 6.41. The van der Waals surface area contributed by atoms with Crippen molar-refractivity contribution >= 4 is 18.3 Å². The Morgan fingerprint density at radius 2 is 1.96 bits per heavy atom. The fraction of sp³-hybridized carbons (Fsp3) is 0.286. The van der Waals surface area contributed by atoms with Gasteiger partial charge in [0.25, 0.3) is 0 Å². The standard InChI is InChI=1S/C21H29N7/c1-13(23)16(12-25-5)14-8-18-17(26-11-14)6-7-20(27-18)28-19(24)9-15(10-22)21(2,3)4/h6-12,22,26-27H,23H2,1-5H3,(H2,24,28). The predicted molar refractivity (Wildman–Crippen MR) is 117 cm³/mol. The SMILES string of the molecule is CN=CC(C1=CNC2=CC=C(NC(=N)C=C(C=N)C(C)(C)C)NC2=C1)=C(C)N. The van der Waals surface area contributed by atoms with E-state index >= 15 is 0 Å². The molecule has 0 atom stereocenters. The molecule has 0 bridgehead atoms. The van der Waals surface area contributed by atoms with Gasteiger partial charge in [0.05, 0.1) is 11.4 Å². The number of amidine groups is 1. The molecule has 0 radical (unpaired) electrons. The number of nitrogens with zero attached hydrogens (tertiary/aromatic N) is 1. The molecule has 2 aliphatic rings. The number of rotatable bonds is 5. The van der Waals surface area contributed by atoms with E-state index in [9.17, 15) is 0 Å². The van der Waals surface area contributed by atoms with Gasteiger partial charge >= 0.3 is 0 Å². The second kappa shape index (κ2) is 8.56. The molecule has 2 heterocycles. The van der Waals surface area contributed by atoms with Crippen LogP contribution in [-0.4, -0.2) is 25.3 Å². The summed E-state index contributed by atoms with van der Waals surface area (Å²) in [6, 6.07) is 0. The molecule has 0 amide bonds. The van der Waals surface area contributed by atoms with Crippen molar-refractivity contribution in [3.63, 3.8) is 0 Å². The van der Waals surface area contributed by atoms with Crippen LogP contribution >= 0.6 is 0 Å². The van der Waals surface area contributed by atoms with Crippen LogP contribution in [0.1, 0.15) is 27.7 Å². The summed E-state index contributed by atoms with van der Waals surface area (Å²) >= 11 is 0. The molecular weight excluding hydrogens is 350 g/mol. The van der Waals surface area contributed by atoms with Crippen LogP contribution in [0, 0.1) is 16.2 Å². The Hall–Kier alpha value is -3.35. The van der Waals surface area contributed by atoms with Crippen LogP contribution in [0.25, 0.3) is 0 Å². The van der Waals surface area contributed by atoms with Crippen molar-refractivity contribution in [1.82, 2.24) is 16.0 Å². The van der Waals surface area contributed by atoms with Crippen molar-refractivity contribution in [3.05, 3.63) is 70.1 Å². The Morgan fingerprint density at radius 3 is 2.54 bits per heavy atom. The van der Waals surface area contributed by atoms with Gasteiger partial charge in [-0.15, -0.1) is 0 Å². The molecule has 0 aromatic carbocycles. The van der Waals surface area contributed by atoms with Crippen LogP contribution in [-0.2, 0) is 0 Å². The van der Waals surface area contributed by atoms with E-state index in [0.717, 1.165) is 28.1 Å². The van der Waals surface area contributed by atoms with Crippen molar-refractivity contribution < 1.29 is 0 Å². The average molecular weight is 380 g/mol. The van der Waals surface area contributed by atoms with E-state index in [2.05, 4.69) is 20.9 Å². The molecule has 7 nitrogen and oxygen atoms in total. The zero-order chi connectivity index (χ0) is 20.9. The molecule has 0 spiro atoms. The summed E-state index contributed by atoms with van der Waals surface area (Å²) in [5.41, 5.74) is 10.8. The maximum atomic E-state index is 8.21. The predicted octanol–water partition coefficient (Wildman–Crippen LogP) is 2.81.